The van der Waals surface area contributed by atoms with E-state index in [1.807, 2.05) is 0 Å². The molecule has 0 saturated carbocycles. The molecule has 0 saturated heterocycles. The second-order valence-electron chi connectivity index (χ2n) is 8.14. The lowest BCUT2D eigenvalue weighted by atomic mass is 10.1. The quantitative estimate of drug-likeness (QED) is 0.136. The van der Waals surface area contributed by atoms with Crippen molar-refractivity contribution >= 4 is 26.6 Å². The van der Waals surface area contributed by atoms with Gasteiger partial charge in [0.2, 0.25) is 0 Å². The van der Waals surface area contributed by atoms with Gasteiger partial charge in [-0.2, -0.15) is 0 Å². The van der Waals surface area contributed by atoms with Gasteiger partial charge < -0.3 is 34.1 Å². The van der Waals surface area contributed by atoms with Crippen molar-refractivity contribution in [3.8, 4) is 0 Å². The molecule has 0 aliphatic rings. The summed E-state index contributed by atoms with van der Waals surface area (Å²) >= 11 is 0. The first kappa shape index (κ1) is 33.1. The summed E-state index contributed by atoms with van der Waals surface area (Å²) in [6.45, 7) is 5.17. The molecule has 0 radical (unpaired) electrons. The fourth-order valence-electron chi connectivity index (χ4n) is 3.20. The fraction of sp³-hybridized carbons (Fsp3) is 0.667. The van der Waals surface area contributed by atoms with Crippen LogP contribution in [0.2, 0.25) is 0 Å². The third-order valence-corrected chi connectivity index (χ3v) is 5.07. The molecule has 0 aliphatic heterocycles. The van der Waals surface area contributed by atoms with Gasteiger partial charge in [0.05, 0.1) is 24.3 Å². The molecule has 0 heterocycles. The van der Waals surface area contributed by atoms with Crippen molar-refractivity contribution in [1.82, 2.24) is 0 Å². The molecule has 0 spiro atoms. The first-order valence-corrected chi connectivity index (χ1v) is 12.6. The van der Waals surface area contributed by atoms with E-state index in [0.29, 0.717) is 24.3 Å². The molecule has 9 nitrogen and oxygen atoms in total. The molecule has 0 amide bonds. The van der Waals surface area contributed by atoms with Gasteiger partial charge in [-0.15, -0.1) is 0 Å². The smallest absolute Gasteiger partial charge is 0.462 e. The number of carbonyl (C=O) groups excluding carboxylic acids is 2. The largest absolute Gasteiger partial charge is 0.621 e. The molecule has 198 valence electrons. The molecule has 0 atom stereocenters. The molecule has 0 fully saturated rings. The van der Waals surface area contributed by atoms with E-state index in [-0.39, 0.29) is 0 Å². The molecule has 0 aromatic heterocycles. The molecule has 35 heavy (non-hydrogen) atoms. The SMILES string of the molecule is CCCCCCCCOC(=O)c1ccccc1C(=O)OCCCCCCCC.OB(O)OB(O)O. The van der Waals surface area contributed by atoms with Crippen LogP contribution in [-0.2, 0) is 14.0 Å². The highest BCUT2D eigenvalue weighted by atomic mass is 16.7. The van der Waals surface area contributed by atoms with Gasteiger partial charge in [-0.1, -0.05) is 90.2 Å². The maximum absolute atomic E-state index is 12.4. The van der Waals surface area contributed by atoms with Crippen molar-refractivity contribution in [2.45, 2.75) is 90.9 Å². The van der Waals surface area contributed by atoms with Crippen LogP contribution < -0.4 is 0 Å². The maximum Gasteiger partial charge on any atom is 0.621 e. The van der Waals surface area contributed by atoms with E-state index in [4.69, 9.17) is 29.6 Å². The minimum Gasteiger partial charge on any atom is -0.462 e. The summed E-state index contributed by atoms with van der Waals surface area (Å²) in [7, 11) is -4.25. The average molecular weight is 496 g/mol. The number of ether oxygens (including phenoxy) is 2. The molecular weight excluding hydrogens is 454 g/mol. The van der Waals surface area contributed by atoms with Crippen LogP contribution in [0, 0.1) is 0 Å². The number of rotatable bonds is 18. The van der Waals surface area contributed by atoms with Crippen LogP contribution >= 0.6 is 0 Å². The lowest BCUT2D eigenvalue weighted by molar-refractivity contribution is 0.0450. The van der Waals surface area contributed by atoms with Gasteiger partial charge in [-0.25, -0.2) is 9.59 Å². The van der Waals surface area contributed by atoms with E-state index >= 15 is 0 Å². The molecule has 1 rings (SSSR count). The fourth-order valence-corrected chi connectivity index (χ4v) is 3.20. The predicted molar refractivity (Wildman–Crippen MR) is 135 cm³/mol. The van der Waals surface area contributed by atoms with Crippen molar-refractivity contribution in [1.29, 1.82) is 0 Å². The van der Waals surface area contributed by atoms with Crippen molar-refractivity contribution in [2.75, 3.05) is 13.2 Å². The van der Waals surface area contributed by atoms with Gasteiger partial charge in [-0.3, -0.25) is 0 Å². The summed E-state index contributed by atoms with van der Waals surface area (Å²) in [4.78, 5) is 24.7. The van der Waals surface area contributed by atoms with Crippen LogP contribution in [-0.4, -0.2) is 59.9 Å². The average Bonchev–Trinajstić information content (AvgIpc) is 2.82. The third-order valence-electron chi connectivity index (χ3n) is 5.07. The van der Waals surface area contributed by atoms with E-state index in [0.717, 1.165) is 25.7 Å². The van der Waals surface area contributed by atoms with Crippen LogP contribution in [0.1, 0.15) is 112 Å². The first-order valence-electron chi connectivity index (χ1n) is 12.6. The summed E-state index contributed by atoms with van der Waals surface area (Å²) in [5.41, 5.74) is 0.586. The highest BCUT2D eigenvalue weighted by Gasteiger charge is 2.19. The summed E-state index contributed by atoms with van der Waals surface area (Å²) in [5, 5.41) is 30.9. The Morgan fingerprint density at radius 2 is 0.971 bits per heavy atom. The van der Waals surface area contributed by atoms with E-state index < -0.39 is 26.6 Å². The van der Waals surface area contributed by atoms with E-state index in [2.05, 4.69) is 18.4 Å². The second-order valence-corrected chi connectivity index (χ2v) is 8.14. The number of hydrogen-bond donors (Lipinski definition) is 4. The highest BCUT2D eigenvalue weighted by Crippen LogP contribution is 2.14. The zero-order valence-electron chi connectivity index (χ0n) is 21.2. The van der Waals surface area contributed by atoms with Crippen LogP contribution in [0.3, 0.4) is 0 Å². The Morgan fingerprint density at radius 3 is 1.29 bits per heavy atom. The summed E-state index contributed by atoms with van der Waals surface area (Å²) < 4.78 is 14.2. The second kappa shape index (κ2) is 22.5. The Kier molecular flexibility index (Phi) is 21.3. The molecule has 1 aromatic rings. The predicted octanol–water partition coefficient (Wildman–Crippen LogP) is 3.66. The van der Waals surface area contributed by atoms with Crippen LogP contribution in [0.15, 0.2) is 24.3 Å². The van der Waals surface area contributed by atoms with Crippen LogP contribution in [0.4, 0.5) is 0 Å². The zero-order valence-corrected chi connectivity index (χ0v) is 21.2. The standard InChI is InChI=1S/C24H38O4.B2H4O5/c1-3-5-7-9-11-15-19-27-23(25)21-17-13-14-18-22(21)24(26)28-20-16-12-10-8-6-4-2;3-1(4)7-2(5)6/h13-14,17-18H,3-12,15-16,19-20H2,1-2H3;3-6H. The van der Waals surface area contributed by atoms with Crippen molar-refractivity contribution in [2.24, 2.45) is 0 Å². The Balaban J connectivity index is 0.00000143. The molecule has 4 N–H and O–H groups in total. The maximum atomic E-state index is 12.4. The Morgan fingerprint density at radius 1 is 0.629 bits per heavy atom. The molecule has 0 aliphatic carbocycles. The molecular formula is C24H42B2O9. The van der Waals surface area contributed by atoms with Gasteiger partial charge in [0.25, 0.3) is 0 Å². The minimum atomic E-state index is -2.13. The summed E-state index contributed by atoms with van der Waals surface area (Å²) in [6.07, 6.45) is 13.6. The summed E-state index contributed by atoms with van der Waals surface area (Å²) in [5.74, 6) is -0.888. The van der Waals surface area contributed by atoms with Crippen LogP contribution in [0.25, 0.3) is 0 Å². The van der Waals surface area contributed by atoms with E-state index in [9.17, 15) is 9.59 Å². The topological polar surface area (TPSA) is 143 Å². The number of benzene rings is 1. The van der Waals surface area contributed by atoms with Crippen molar-refractivity contribution < 1.29 is 43.7 Å². The molecule has 0 unspecified atom stereocenters. The monoisotopic (exact) mass is 496 g/mol. The van der Waals surface area contributed by atoms with Gasteiger partial charge >= 0.3 is 26.6 Å². The third kappa shape index (κ3) is 19.0. The lowest BCUT2D eigenvalue weighted by Crippen LogP contribution is -2.28. The van der Waals surface area contributed by atoms with Crippen LogP contribution in [0.5, 0.6) is 0 Å². The Labute approximate surface area is 210 Å². The normalized spacial score (nSPS) is 10.2. The molecule has 0 bridgehead atoms. The highest BCUT2D eigenvalue weighted by molar-refractivity contribution is 6.48. The Hall–Kier alpha value is -1.91. The van der Waals surface area contributed by atoms with Gasteiger partial charge in [-0.05, 0) is 25.0 Å². The number of hydrogen-bond acceptors (Lipinski definition) is 9. The number of esters is 2. The number of carbonyl (C=O) groups is 2. The van der Waals surface area contributed by atoms with E-state index in [1.54, 1.807) is 24.3 Å². The Bertz CT molecular complexity index is 617. The van der Waals surface area contributed by atoms with Gasteiger partial charge in [0, 0.05) is 0 Å². The zero-order chi connectivity index (χ0) is 26.3. The first-order chi connectivity index (χ1) is 16.8. The van der Waals surface area contributed by atoms with Crippen molar-refractivity contribution in [3.63, 3.8) is 0 Å². The molecule has 11 heteroatoms. The minimum absolute atomic E-state index is 0.293. The van der Waals surface area contributed by atoms with Gasteiger partial charge in [0.1, 0.15) is 0 Å². The van der Waals surface area contributed by atoms with Gasteiger partial charge in [0.15, 0.2) is 0 Å². The van der Waals surface area contributed by atoms with E-state index in [1.165, 1.54) is 51.4 Å². The number of unbranched alkanes of at least 4 members (excludes halogenated alkanes) is 10. The molecule has 1 aromatic carbocycles. The summed E-state index contributed by atoms with van der Waals surface area (Å²) in [6, 6.07) is 6.74. The van der Waals surface area contributed by atoms with Crippen molar-refractivity contribution in [3.05, 3.63) is 35.4 Å². The lowest BCUT2D eigenvalue weighted by Gasteiger charge is -2.10.